The molecule has 3 amide bonds. The van der Waals surface area contributed by atoms with Crippen LogP contribution < -0.4 is 0 Å². The van der Waals surface area contributed by atoms with E-state index in [0.717, 1.165) is 11.1 Å². The zero-order chi connectivity index (χ0) is 26.7. The highest BCUT2D eigenvalue weighted by molar-refractivity contribution is 5.98. The van der Waals surface area contributed by atoms with Crippen LogP contribution in [0, 0.1) is 6.92 Å². The number of ether oxygens (including phenoxy) is 1. The van der Waals surface area contributed by atoms with E-state index in [9.17, 15) is 14.4 Å². The van der Waals surface area contributed by atoms with E-state index in [1.165, 1.54) is 0 Å². The molecule has 3 aromatic rings. The molecular weight excluding hydrogens is 478 g/mol. The standard InChI is InChI=1S/C31H33N3O4/c1-23-13-15-26(16-14-23)28(35)33-19-17-31(18-20-33)34(29(36)25-11-7-4-8-12-25)27(22-38-31)30(37)32(2)21-24-9-5-3-6-10-24/h3-16,27H,17-22H2,1-2H3. The Hall–Kier alpha value is -3.97. The maximum absolute atomic E-state index is 13.9. The van der Waals surface area contributed by atoms with Crippen LogP contribution in [0.2, 0.25) is 0 Å². The zero-order valence-corrected chi connectivity index (χ0v) is 21.9. The maximum Gasteiger partial charge on any atom is 0.256 e. The van der Waals surface area contributed by atoms with Gasteiger partial charge in [0, 0.05) is 50.7 Å². The number of piperidine rings is 1. The van der Waals surface area contributed by atoms with Crippen molar-refractivity contribution in [1.82, 2.24) is 14.7 Å². The number of amides is 3. The Balaban J connectivity index is 1.37. The summed E-state index contributed by atoms with van der Waals surface area (Å²) in [6, 6.07) is 25.6. The van der Waals surface area contributed by atoms with E-state index in [0.29, 0.717) is 43.6 Å². The topological polar surface area (TPSA) is 70.2 Å². The van der Waals surface area contributed by atoms with Gasteiger partial charge in [-0.2, -0.15) is 0 Å². The van der Waals surface area contributed by atoms with Crippen molar-refractivity contribution in [3.8, 4) is 0 Å². The molecule has 2 fully saturated rings. The molecule has 2 aliphatic heterocycles. The maximum atomic E-state index is 13.9. The number of benzene rings is 3. The van der Waals surface area contributed by atoms with Gasteiger partial charge in [0.05, 0.1) is 6.61 Å². The Labute approximate surface area is 223 Å². The molecule has 0 saturated carbocycles. The Morgan fingerprint density at radius 2 is 1.42 bits per heavy atom. The first-order chi connectivity index (χ1) is 18.4. The Bertz CT molecular complexity index is 1290. The fourth-order valence-corrected chi connectivity index (χ4v) is 5.40. The predicted octanol–water partition coefficient (Wildman–Crippen LogP) is 4.13. The number of nitrogens with zero attached hydrogens (tertiary/aromatic N) is 3. The summed E-state index contributed by atoms with van der Waals surface area (Å²) in [6.07, 6.45) is 0.880. The fraction of sp³-hybridized carbons (Fsp3) is 0.323. The molecule has 3 aromatic carbocycles. The molecule has 2 saturated heterocycles. The lowest BCUT2D eigenvalue weighted by Gasteiger charge is -2.44. The molecule has 1 spiro atoms. The van der Waals surface area contributed by atoms with Crippen molar-refractivity contribution >= 4 is 17.7 Å². The molecular formula is C31H33N3O4. The minimum absolute atomic E-state index is 0.0333. The van der Waals surface area contributed by atoms with Crippen LogP contribution in [0.15, 0.2) is 84.9 Å². The normalized spacial score (nSPS) is 18.4. The van der Waals surface area contributed by atoms with E-state index in [2.05, 4.69) is 0 Å². The van der Waals surface area contributed by atoms with Crippen LogP contribution in [0.3, 0.4) is 0 Å². The van der Waals surface area contributed by atoms with Gasteiger partial charge in [-0.1, -0.05) is 66.2 Å². The van der Waals surface area contributed by atoms with Crippen LogP contribution in [0.4, 0.5) is 0 Å². The lowest BCUT2D eigenvalue weighted by Crippen LogP contribution is -2.59. The number of carbonyl (C=O) groups excluding carboxylic acids is 3. The number of rotatable bonds is 5. The summed E-state index contributed by atoms with van der Waals surface area (Å²) in [4.78, 5) is 45.8. The SMILES string of the molecule is Cc1ccc(C(=O)N2CCC3(CC2)OCC(C(=O)N(C)Cc2ccccc2)N3C(=O)c2ccccc2)cc1. The molecule has 38 heavy (non-hydrogen) atoms. The van der Waals surface area contributed by atoms with Gasteiger partial charge in [-0.3, -0.25) is 19.3 Å². The van der Waals surface area contributed by atoms with Gasteiger partial charge in [0.15, 0.2) is 0 Å². The zero-order valence-electron chi connectivity index (χ0n) is 21.9. The van der Waals surface area contributed by atoms with Crippen molar-refractivity contribution < 1.29 is 19.1 Å². The molecule has 7 nitrogen and oxygen atoms in total. The average Bonchev–Trinajstić information content (AvgIpc) is 3.31. The minimum Gasteiger partial charge on any atom is -0.353 e. The van der Waals surface area contributed by atoms with Crippen molar-refractivity contribution in [2.75, 3.05) is 26.7 Å². The van der Waals surface area contributed by atoms with Gasteiger partial charge in [0.1, 0.15) is 11.8 Å². The Kier molecular flexibility index (Phi) is 7.29. The summed E-state index contributed by atoms with van der Waals surface area (Å²) >= 11 is 0. The van der Waals surface area contributed by atoms with Gasteiger partial charge < -0.3 is 14.5 Å². The van der Waals surface area contributed by atoms with Gasteiger partial charge in [0.2, 0.25) is 5.91 Å². The van der Waals surface area contributed by atoms with Crippen LogP contribution in [0.25, 0.3) is 0 Å². The first-order valence-electron chi connectivity index (χ1n) is 13.1. The molecule has 7 heteroatoms. The largest absolute Gasteiger partial charge is 0.353 e. The molecule has 0 bridgehead atoms. The lowest BCUT2D eigenvalue weighted by molar-refractivity contribution is -0.137. The molecule has 2 aliphatic rings. The van der Waals surface area contributed by atoms with E-state index >= 15 is 0 Å². The Morgan fingerprint density at radius 1 is 0.842 bits per heavy atom. The smallest absolute Gasteiger partial charge is 0.256 e. The van der Waals surface area contributed by atoms with Gasteiger partial charge in [0.25, 0.3) is 11.8 Å². The highest BCUT2D eigenvalue weighted by Gasteiger charge is 2.54. The number of aryl methyl sites for hydroxylation is 1. The third-order valence-electron chi connectivity index (χ3n) is 7.55. The van der Waals surface area contributed by atoms with E-state index in [-0.39, 0.29) is 24.3 Å². The molecule has 1 unspecified atom stereocenters. The van der Waals surface area contributed by atoms with Gasteiger partial charge in [-0.25, -0.2) is 0 Å². The highest BCUT2D eigenvalue weighted by Crippen LogP contribution is 2.39. The van der Waals surface area contributed by atoms with Crippen molar-refractivity contribution in [1.29, 1.82) is 0 Å². The number of likely N-dealkylation sites (N-methyl/N-ethyl adjacent to an activating group) is 1. The summed E-state index contributed by atoms with van der Waals surface area (Å²) < 4.78 is 6.34. The number of carbonyl (C=O) groups is 3. The van der Waals surface area contributed by atoms with Crippen LogP contribution in [-0.4, -0.2) is 70.9 Å². The van der Waals surface area contributed by atoms with Gasteiger partial charge in [-0.15, -0.1) is 0 Å². The molecule has 1 atom stereocenters. The third kappa shape index (κ3) is 5.07. The molecule has 5 rings (SSSR count). The van der Waals surface area contributed by atoms with Crippen molar-refractivity contribution in [3.05, 3.63) is 107 Å². The third-order valence-corrected chi connectivity index (χ3v) is 7.55. The van der Waals surface area contributed by atoms with E-state index in [4.69, 9.17) is 4.74 Å². The second kappa shape index (κ2) is 10.8. The summed E-state index contributed by atoms with van der Waals surface area (Å²) in [7, 11) is 1.76. The molecule has 0 aromatic heterocycles. The first-order valence-corrected chi connectivity index (χ1v) is 13.1. The van der Waals surface area contributed by atoms with Crippen LogP contribution in [-0.2, 0) is 16.1 Å². The van der Waals surface area contributed by atoms with E-state index in [1.54, 1.807) is 33.9 Å². The molecule has 0 aliphatic carbocycles. The van der Waals surface area contributed by atoms with Gasteiger partial charge in [-0.05, 0) is 36.8 Å². The molecule has 2 heterocycles. The highest BCUT2D eigenvalue weighted by atomic mass is 16.5. The lowest BCUT2D eigenvalue weighted by atomic mass is 9.96. The average molecular weight is 512 g/mol. The molecule has 196 valence electrons. The quantitative estimate of drug-likeness (QED) is 0.517. The number of hydrogen-bond donors (Lipinski definition) is 0. The van der Waals surface area contributed by atoms with E-state index < -0.39 is 11.8 Å². The number of hydrogen-bond acceptors (Lipinski definition) is 4. The fourth-order valence-electron chi connectivity index (χ4n) is 5.40. The molecule has 0 N–H and O–H groups in total. The van der Waals surface area contributed by atoms with Crippen LogP contribution in [0.1, 0.15) is 44.7 Å². The van der Waals surface area contributed by atoms with Crippen molar-refractivity contribution in [2.24, 2.45) is 0 Å². The second-order valence-electron chi connectivity index (χ2n) is 10.2. The Morgan fingerprint density at radius 3 is 2.05 bits per heavy atom. The summed E-state index contributed by atoms with van der Waals surface area (Å²) in [5.74, 6) is -0.421. The minimum atomic E-state index is -0.940. The van der Waals surface area contributed by atoms with Crippen LogP contribution in [0.5, 0.6) is 0 Å². The molecule has 0 radical (unpaired) electrons. The van der Waals surface area contributed by atoms with Crippen molar-refractivity contribution in [2.45, 2.75) is 38.1 Å². The predicted molar refractivity (Wildman–Crippen MR) is 144 cm³/mol. The first kappa shape index (κ1) is 25.7. The monoisotopic (exact) mass is 511 g/mol. The van der Waals surface area contributed by atoms with Crippen molar-refractivity contribution in [3.63, 3.8) is 0 Å². The summed E-state index contributed by atoms with van der Waals surface area (Å²) in [6.45, 7) is 3.43. The summed E-state index contributed by atoms with van der Waals surface area (Å²) in [5, 5.41) is 0. The second-order valence-corrected chi connectivity index (χ2v) is 10.2. The van der Waals surface area contributed by atoms with E-state index in [1.807, 2.05) is 79.7 Å². The van der Waals surface area contributed by atoms with Gasteiger partial charge >= 0.3 is 0 Å². The van der Waals surface area contributed by atoms with Crippen LogP contribution >= 0.6 is 0 Å². The number of likely N-dealkylation sites (tertiary alicyclic amines) is 1. The summed E-state index contributed by atoms with van der Waals surface area (Å²) in [5.41, 5.74) is 2.33.